The molecule has 5 nitrogen and oxygen atoms in total. The summed E-state index contributed by atoms with van der Waals surface area (Å²) in [4.78, 5) is 30.4. The summed E-state index contributed by atoms with van der Waals surface area (Å²) in [7, 11) is 0. The van der Waals surface area contributed by atoms with E-state index in [1.807, 2.05) is 17.0 Å². The van der Waals surface area contributed by atoms with Crippen LogP contribution in [0, 0.1) is 13.8 Å². The number of ketones is 1. The maximum atomic E-state index is 13.2. The number of aryl methyl sites for hydroxylation is 2. The molecule has 0 aromatic heterocycles. The molecule has 2 aromatic rings. The van der Waals surface area contributed by atoms with Gasteiger partial charge in [-0.15, -0.1) is 0 Å². The van der Waals surface area contributed by atoms with Crippen LogP contribution in [0.3, 0.4) is 0 Å². The maximum Gasteiger partial charge on any atom is 0.341 e. The summed E-state index contributed by atoms with van der Waals surface area (Å²) >= 11 is 0. The maximum absolute atomic E-state index is 13.2. The third kappa shape index (κ3) is 2.68. The van der Waals surface area contributed by atoms with Crippen LogP contribution < -0.4 is 9.80 Å². The molecule has 0 unspecified atom stereocenters. The minimum absolute atomic E-state index is 0.186. The molecule has 0 N–H and O–H groups in total. The number of esters is 1. The van der Waals surface area contributed by atoms with E-state index in [1.54, 1.807) is 6.92 Å². The van der Waals surface area contributed by atoms with Gasteiger partial charge in [0.1, 0.15) is 0 Å². The summed E-state index contributed by atoms with van der Waals surface area (Å²) in [6.07, 6.45) is 0. The Bertz CT molecular complexity index is 968. The predicted octanol–water partition coefficient (Wildman–Crippen LogP) is 3.53. The Balaban J connectivity index is 2.00. The van der Waals surface area contributed by atoms with Gasteiger partial charge in [0, 0.05) is 24.5 Å². The number of carbonyl (C=O) groups excluding carboxylic acids is 2. The van der Waals surface area contributed by atoms with Crippen molar-refractivity contribution < 1.29 is 14.3 Å². The fraction of sp³-hybridized carbons (Fsp3) is 0.391. The van der Waals surface area contributed by atoms with Crippen molar-refractivity contribution in [2.75, 3.05) is 23.0 Å². The summed E-state index contributed by atoms with van der Waals surface area (Å²) in [6, 6.07) is 12.6. The van der Waals surface area contributed by atoms with Gasteiger partial charge in [0.05, 0.1) is 13.2 Å². The first-order valence-electron chi connectivity index (χ1n) is 9.76. The monoisotopic (exact) mass is 378 g/mol. The van der Waals surface area contributed by atoms with Crippen LogP contribution in [-0.4, -0.2) is 30.4 Å². The van der Waals surface area contributed by atoms with Crippen molar-refractivity contribution in [3.05, 3.63) is 58.7 Å². The average Bonchev–Trinajstić information content (AvgIpc) is 2.85. The van der Waals surface area contributed by atoms with Gasteiger partial charge in [0.15, 0.2) is 5.78 Å². The Labute approximate surface area is 165 Å². The van der Waals surface area contributed by atoms with Crippen molar-refractivity contribution in [3.63, 3.8) is 0 Å². The van der Waals surface area contributed by atoms with Crippen LogP contribution in [0.5, 0.6) is 0 Å². The molecule has 4 rings (SSSR count). The van der Waals surface area contributed by atoms with E-state index in [-0.39, 0.29) is 18.9 Å². The first-order chi connectivity index (χ1) is 13.4. The van der Waals surface area contributed by atoms with Crippen LogP contribution in [0.25, 0.3) is 0 Å². The summed E-state index contributed by atoms with van der Waals surface area (Å²) in [5.74, 6) is -0.653. The zero-order valence-electron chi connectivity index (χ0n) is 16.9. The van der Waals surface area contributed by atoms with Gasteiger partial charge in [0.2, 0.25) is 5.54 Å². The van der Waals surface area contributed by atoms with E-state index >= 15 is 0 Å². The largest absolute Gasteiger partial charge is 0.464 e. The van der Waals surface area contributed by atoms with Crippen LogP contribution in [-0.2, 0) is 27.4 Å². The van der Waals surface area contributed by atoms with Crippen LogP contribution in [0.2, 0.25) is 0 Å². The summed E-state index contributed by atoms with van der Waals surface area (Å²) < 4.78 is 5.44. The van der Waals surface area contributed by atoms with Crippen molar-refractivity contribution in [2.45, 2.75) is 46.3 Å². The van der Waals surface area contributed by atoms with E-state index in [0.717, 1.165) is 33.6 Å². The lowest BCUT2D eigenvalue weighted by Gasteiger charge is -2.40. The Kier molecular flexibility index (Phi) is 4.41. The molecule has 2 aliphatic heterocycles. The zero-order valence-corrected chi connectivity index (χ0v) is 16.9. The number of Topliss-reactive ketones (excluding diaryl/α,β-unsaturated/α-hetero) is 1. The van der Waals surface area contributed by atoms with Gasteiger partial charge >= 0.3 is 5.97 Å². The van der Waals surface area contributed by atoms with Crippen molar-refractivity contribution in [3.8, 4) is 0 Å². The lowest BCUT2D eigenvalue weighted by Crippen LogP contribution is -2.63. The number of benzene rings is 2. The first-order valence-corrected chi connectivity index (χ1v) is 9.76. The molecule has 2 aromatic carbocycles. The van der Waals surface area contributed by atoms with Gasteiger partial charge in [0.25, 0.3) is 0 Å². The number of fused-ring (bicyclic) bond motifs is 7. The highest BCUT2D eigenvalue weighted by Crippen LogP contribution is 2.42. The van der Waals surface area contributed by atoms with Crippen LogP contribution in [0.15, 0.2) is 36.4 Å². The number of hydrogen-bond donors (Lipinski definition) is 0. The Morgan fingerprint density at radius 2 is 1.61 bits per heavy atom. The second-order valence-corrected chi connectivity index (χ2v) is 7.84. The molecule has 0 saturated heterocycles. The zero-order chi connectivity index (χ0) is 20.1. The Hall–Kier alpha value is -2.82. The van der Waals surface area contributed by atoms with Gasteiger partial charge in [-0.2, -0.15) is 0 Å². The number of carbonyl (C=O) groups is 2. The number of ether oxygens (including phenoxy) is 1. The fourth-order valence-electron chi connectivity index (χ4n) is 4.51. The molecule has 0 radical (unpaired) electrons. The summed E-state index contributed by atoms with van der Waals surface area (Å²) in [6.45, 7) is 9.07. The molecular weight excluding hydrogens is 352 g/mol. The topological polar surface area (TPSA) is 49.9 Å². The van der Waals surface area contributed by atoms with Crippen LogP contribution >= 0.6 is 0 Å². The lowest BCUT2D eigenvalue weighted by atomic mass is 9.91. The lowest BCUT2D eigenvalue weighted by molar-refractivity contribution is -0.152. The molecule has 0 saturated carbocycles. The molecule has 0 aliphatic carbocycles. The molecule has 0 amide bonds. The van der Waals surface area contributed by atoms with E-state index in [9.17, 15) is 9.59 Å². The van der Waals surface area contributed by atoms with Crippen molar-refractivity contribution in [1.29, 1.82) is 0 Å². The number of anilines is 2. The highest BCUT2D eigenvalue weighted by Gasteiger charge is 2.54. The van der Waals surface area contributed by atoms with Crippen LogP contribution in [0.1, 0.15) is 36.1 Å². The first kappa shape index (κ1) is 18.5. The van der Waals surface area contributed by atoms with Crippen molar-refractivity contribution in [2.24, 2.45) is 0 Å². The molecular formula is C23H26N2O3. The Morgan fingerprint density at radius 1 is 1.00 bits per heavy atom. The second-order valence-electron chi connectivity index (χ2n) is 7.84. The molecule has 5 heteroatoms. The molecule has 2 bridgehead atoms. The highest BCUT2D eigenvalue weighted by molar-refractivity contribution is 6.12. The van der Waals surface area contributed by atoms with Gasteiger partial charge in [-0.1, -0.05) is 35.4 Å². The quantitative estimate of drug-likeness (QED) is 0.604. The molecule has 1 atom stereocenters. The third-order valence-corrected chi connectivity index (χ3v) is 5.87. The van der Waals surface area contributed by atoms with E-state index in [2.05, 4.69) is 43.0 Å². The van der Waals surface area contributed by atoms with Crippen molar-refractivity contribution in [1.82, 2.24) is 0 Å². The standard InChI is InChI=1S/C23H26N2O3/c1-5-28-22(27)23(17(4)26)14-24-12-18-10-16(3)7-9-21(18)25(23)13-19-11-15(2)6-8-20(19)24/h6-11H,5,12-14H2,1-4H3/t23-/m0/s1. The summed E-state index contributed by atoms with van der Waals surface area (Å²) in [5.41, 5.74) is 5.23. The number of rotatable bonds is 3. The van der Waals surface area contributed by atoms with Gasteiger partial charge in [-0.25, -0.2) is 4.79 Å². The number of nitrogens with zero attached hydrogens (tertiary/aromatic N) is 2. The SMILES string of the molecule is CCOC(=O)[C@@]1(C(C)=O)CN2Cc3cc(C)ccc3N1Cc1cc(C)ccc12. The predicted molar refractivity (Wildman–Crippen MR) is 110 cm³/mol. The van der Waals surface area contributed by atoms with E-state index in [1.165, 1.54) is 6.92 Å². The smallest absolute Gasteiger partial charge is 0.341 e. The number of hydrogen-bond acceptors (Lipinski definition) is 5. The molecule has 146 valence electrons. The highest BCUT2D eigenvalue weighted by atomic mass is 16.5. The van der Waals surface area contributed by atoms with E-state index < -0.39 is 11.5 Å². The second kappa shape index (κ2) is 6.66. The third-order valence-electron chi connectivity index (χ3n) is 5.87. The van der Waals surface area contributed by atoms with Gasteiger partial charge in [-0.3, -0.25) is 4.79 Å². The fourth-order valence-corrected chi connectivity index (χ4v) is 4.51. The van der Waals surface area contributed by atoms with Gasteiger partial charge in [-0.05, 0) is 51.0 Å². The van der Waals surface area contributed by atoms with E-state index in [0.29, 0.717) is 13.1 Å². The van der Waals surface area contributed by atoms with Crippen molar-refractivity contribution >= 4 is 23.1 Å². The minimum Gasteiger partial charge on any atom is -0.464 e. The van der Waals surface area contributed by atoms with Crippen LogP contribution in [0.4, 0.5) is 11.4 Å². The van der Waals surface area contributed by atoms with E-state index in [4.69, 9.17) is 4.74 Å². The molecule has 0 fully saturated rings. The molecule has 28 heavy (non-hydrogen) atoms. The minimum atomic E-state index is -1.36. The molecule has 2 aliphatic rings. The summed E-state index contributed by atoms with van der Waals surface area (Å²) in [5, 5.41) is 0. The normalized spacial score (nSPS) is 20.1. The van der Waals surface area contributed by atoms with Gasteiger partial charge < -0.3 is 14.5 Å². The average molecular weight is 378 g/mol. The molecule has 2 heterocycles. The Morgan fingerprint density at radius 3 is 2.21 bits per heavy atom. The molecule has 0 spiro atoms.